The molecular weight excluding hydrogens is 210 g/mol. The number of nitrogens with zero attached hydrogens (tertiary/aromatic N) is 2. The number of hydrogen-bond donors (Lipinski definition) is 1. The van der Waals surface area contributed by atoms with Crippen LogP contribution in [-0.2, 0) is 12.8 Å². The molecule has 3 nitrogen and oxygen atoms in total. The predicted octanol–water partition coefficient (Wildman–Crippen LogP) is 3.45. The van der Waals surface area contributed by atoms with Gasteiger partial charge < -0.3 is 5.32 Å². The fourth-order valence-electron chi connectivity index (χ4n) is 1.61. The van der Waals surface area contributed by atoms with Crippen LogP contribution in [-0.4, -0.2) is 16.5 Å². The molecule has 0 saturated heterocycles. The number of nitrogens with one attached hydrogen (secondary N) is 1. The van der Waals surface area contributed by atoms with Crippen LogP contribution in [0.3, 0.4) is 0 Å². The standard InChI is InChI=1S/C14H25N3/c1-5-9-15-14-10-12(6-2)16-13(17-14)8-7-11(3)4/h10-11H,5-9H2,1-4H3,(H,15,16,17). The lowest BCUT2D eigenvalue weighted by Crippen LogP contribution is -2.07. The SMILES string of the molecule is CCCNc1cc(CC)nc(CCC(C)C)n1. The molecule has 0 aromatic carbocycles. The molecule has 0 aliphatic heterocycles. The minimum Gasteiger partial charge on any atom is -0.370 e. The monoisotopic (exact) mass is 235 g/mol. The third-order valence-corrected chi connectivity index (χ3v) is 2.69. The molecule has 0 radical (unpaired) electrons. The van der Waals surface area contributed by atoms with Gasteiger partial charge in [-0.05, 0) is 25.2 Å². The summed E-state index contributed by atoms with van der Waals surface area (Å²) in [7, 11) is 0. The van der Waals surface area contributed by atoms with Crippen molar-refractivity contribution in [1.82, 2.24) is 9.97 Å². The molecule has 0 aliphatic rings. The van der Waals surface area contributed by atoms with Gasteiger partial charge in [-0.1, -0.05) is 27.7 Å². The zero-order valence-electron chi connectivity index (χ0n) is 11.6. The van der Waals surface area contributed by atoms with Crippen LogP contribution in [0.1, 0.15) is 52.1 Å². The second kappa shape index (κ2) is 7.25. The molecule has 17 heavy (non-hydrogen) atoms. The summed E-state index contributed by atoms with van der Waals surface area (Å²) in [5.41, 5.74) is 1.14. The van der Waals surface area contributed by atoms with E-state index in [0.29, 0.717) is 5.92 Å². The average molecular weight is 235 g/mol. The molecule has 96 valence electrons. The van der Waals surface area contributed by atoms with Crippen LogP contribution in [0, 0.1) is 5.92 Å². The van der Waals surface area contributed by atoms with Crippen LogP contribution in [0.5, 0.6) is 0 Å². The highest BCUT2D eigenvalue weighted by molar-refractivity contribution is 5.36. The lowest BCUT2D eigenvalue weighted by Gasteiger charge is -2.09. The van der Waals surface area contributed by atoms with Crippen molar-refractivity contribution in [2.45, 2.75) is 53.4 Å². The highest BCUT2D eigenvalue weighted by atomic mass is 15.0. The predicted molar refractivity (Wildman–Crippen MR) is 73.3 cm³/mol. The molecule has 1 rings (SSSR count). The second-order valence-electron chi connectivity index (χ2n) is 4.87. The van der Waals surface area contributed by atoms with E-state index in [4.69, 9.17) is 0 Å². The number of rotatable bonds is 7. The van der Waals surface area contributed by atoms with Crippen molar-refractivity contribution in [3.63, 3.8) is 0 Å². The van der Waals surface area contributed by atoms with Crippen LogP contribution in [0.4, 0.5) is 5.82 Å². The molecule has 0 aliphatic carbocycles. The molecule has 1 aromatic rings. The maximum absolute atomic E-state index is 4.58. The maximum atomic E-state index is 4.58. The first-order chi connectivity index (χ1) is 8.15. The van der Waals surface area contributed by atoms with Gasteiger partial charge in [0.15, 0.2) is 0 Å². The molecule has 3 heteroatoms. The van der Waals surface area contributed by atoms with Gasteiger partial charge in [0.25, 0.3) is 0 Å². The molecule has 0 spiro atoms. The van der Waals surface area contributed by atoms with Crippen LogP contribution >= 0.6 is 0 Å². The summed E-state index contributed by atoms with van der Waals surface area (Å²) in [6, 6.07) is 2.06. The summed E-state index contributed by atoms with van der Waals surface area (Å²) in [6.45, 7) is 9.75. The minimum absolute atomic E-state index is 0.705. The molecule has 0 bridgehead atoms. The summed E-state index contributed by atoms with van der Waals surface area (Å²) >= 11 is 0. The van der Waals surface area contributed by atoms with Crippen molar-refractivity contribution >= 4 is 5.82 Å². The normalized spacial score (nSPS) is 10.9. The van der Waals surface area contributed by atoms with Crippen molar-refractivity contribution in [2.75, 3.05) is 11.9 Å². The Hall–Kier alpha value is -1.12. The zero-order valence-corrected chi connectivity index (χ0v) is 11.6. The van der Waals surface area contributed by atoms with Crippen LogP contribution in [0.25, 0.3) is 0 Å². The Labute approximate surface area is 105 Å². The van der Waals surface area contributed by atoms with Crippen LogP contribution in [0.2, 0.25) is 0 Å². The summed E-state index contributed by atoms with van der Waals surface area (Å²) in [5, 5.41) is 3.35. The van der Waals surface area contributed by atoms with Gasteiger partial charge in [-0.25, -0.2) is 9.97 Å². The van der Waals surface area contributed by atoms with Gasteiger partial charge in [0.2, 0.25) is 0 Å². The van der Waals surface area contributed by atoms with E-state index >= 15 is 0 Å². The smallest absolute Gasteiger partial charge is 0.131 e. The van der Waals surface area contributed by atoms with Gasteiger partial charge in [0.05, 0.1) is 0 Å². The lowest BCUT2D eigenvalue weighted by atomic mass is 10.1. The van der Waals surface area contributed by atoms with Crippen molar-refractivity contribution in [3.05, 3.63) is 17.6 Å². The van der Waals surface area contributed by atoms with E-state index < -0.39 is 0 Å². The lowest BCUT2D eigenvalue weighted by molar-refractivity contribution is 0.573. The molecule has 1 heterocycles. The maximum Gasteiger partial charge on any atom is 0.131 e. The highest BCUT2D eigenvalue weighted by Gasteiger charge is 2.04. The average Bonchev–Trinajstić information content (AvgIpc) is 2.33. The molecule has 0 amide bonds. The van der Waals surface area contributed by atoms with Gasteiger partial charge in [-0.15, -0.1) is 0 Å². The van der Waals surface area contributed by atoms with Crippen molar-refractivity contribution in [3.8, 4) is 0 Å². The van der Waals surface area contributed by atoms with E-state index in [2.05, 4.69) is 49.0 Å². The topological polar surface area (TPSA) is 37.8 Å². The highest BCUT2D eigenvalue weighted by Crippen LogP contribution is 2.11. The Morgan fingerprint density at radius 2 is 2.00 bits per heavy atom. The Balaban J connectivity index is 2.73. The minimum atomic E-state index is 0.705. The van der Waals surface area contributed by atoms with Gasteiger partial charge in [-0.3, -0.25) is 0 Å². The van der Waals surface area contributed by atoms with Crippen molar-refractivity contribution in [2.24, 2.45) is 5.92 Å². The van der Waals surface area contributed by atoms with Crippen molar-refractivity contribution < 1.29 is 0 Å². The Morgan fingerprint density at radius 3 is 2.59 bits per heavy atom. The van der Waals surface area contributed by atoms with Gasteiger partial charge in [-0.2, -0.15) is 0 Å². The molecule has 1 N–H and O–H groups in total. The van der Waals surface area contributed by atoms with Gasteiger partial charge >= 0.3 is 0 Å². The largest absolute Gasteiger partial charge is 0.370 e. The summed E-state index contributed by atoms with van der Waals surface area (Å²) in [5.74, 6) is 2.67. The van der Waals surface area contributed by atoms with Gasteiger partial charge in [0, 0.05) is 24.7 Å². The zero-order chi connectivity index (χ0) is 12.7. The van der Waals surface area contributed by atoms with E-state index in [1.54, 1.807) is 0 Å². The molecule has 0 unspecified atom stereocenters. The Bertz CT molecular complexity index is 334. The van der Waals surface area contributed by atoms with E-state index in [9.17, 15) is 0 Å². The first kappa shape index (κ1) is 13.9. The molecule has 1 aromatic heterocycles. The Morgan fingerprint density at radius 1 is 1.24 bits per heavy atom. The number of anilines is 1. The van der Waals surface area contributed by atoms with E-state index in [-0.39, 0.29) is 0 Å². The number of hydrogen-bond acceptors (Lipinski definition) is 3. The first-order valence-corrected chi connectivity index (χ1v) is 6.76. The quantitative estimate of drug-likeness (QED) is 0.786. The fraction of sp³-hybridized carbons (Fsp3) is 0.714. The second-order valence-corrected chi connectivity index (χ2v) is 4.87. The number of aryl methyl sites for hydroxylation is 2. The fourth-order valence-corrected chi connectivity index (χ4v) is 1.61. The molecule has 0 saturated carbocycles. The Kier molecular flexibility index (Phi) is 5.95. The molecular formula is C14H25N3. The number of aromatic nitrogens is 2. The van der Waals surface area contributed by atoms with Crippen LogP contribution in [0.15, 0.2) is 6.07 Å². The molecule has 0 atom stereocenters. The van der Waals surface area contributed by atoms with Gasteiger partial charge in [0.1, 0.15) is 11.6 Å². The third kappa shape index (κ3) is 5.16. The summed E-state index contributed by atoms with van der Waals surface area (Å²) in [6.07, 6.45) is 4.22. The van der Waals surface area contributed by atoms with Crippen LogP contribution < -0.4 is 5.32 Å². The van der Waals surface area contributed by atoms with E-state index in [1.165, 1.54) is 0 Å². The van der Waals surface area contributed by atoms with Crippen molar-refractivity contribution in [1.29, 1.82) is 0 Å². The van der Waals surface area contributed by atoms with E-state index in [1.807, 2.05) is 0 Å². The molecule has 0 fully saturated rings. The first-order valence-electron chi connectivity index (χ1n) is 6.76. The van der Waals surface area contributed by atoms with E-state index in [0.717, 1.165) is 49.6 Å². The third-order valence-electron chi connectivity index (χ3n) is 2.69. The summed E-state index contributed by atoms with van der Waals surface area (Å²) < 4.78 is 0. The summed E-state index contributed by atoms with van der Waals surface area (Å²) in [4.78, 5) is 9.15.